The average molecular weight is 517 g/mol. The molecule has 1 aliphatic heterocycles. The van der Waals surface area contributed by atoms with Crippen molar-refractivity contribution in [2.45, 2.75) is 28.4 Å². The molecule has 0 saturated carbocycles. The van der Waals surface area contributed by atoms with Gasteiger partial charge in [-0.25, -0.2) is 12.8 Å². The molecule has 5 nitrogen and oxygen atoms in total. The number of piperidine rings is 1. The summed E-state index contributed by atoms with van der Waals surface area (Å²) in [4.78, 5) is 13.8. The maximum Gasteiger partial charge on any atom is 0.243 e. The van der Waals surface area contributed by atoms with E-state index in [1.54, 1.807) is 48.2 Å². The Hall–Kier alpha value is -1.26. The van der Waals surface area contributed by atoms with Crippen molar-refractivity contribution in [1.29, 1.82) is 0 Å². The molecule has 0 bridgehead atoms. The van der Waals surface area contributed by atoms with E-state index in [1.165, 1.54) is 22.1 Å². The molecule has 0 aliphatic carbocycles. The van der Waals surface area contributed by atoms with Crippen molar-refractivity contribution in [3.05, 3.63) is 58.9 Å². The van der Waals surface area contributed by atoms with Gasteiger partial charge in [0.1, 0.15) is 5.82 Å². The highest BCUT2D eigenvalue weighted by atomic mass is 35.5. The van der Waals surface area contributed by atoms with Gasteiger partial charge in [-0.2, -0.15) is 16.1 Å². The summed E-state index contributed by atoms with van der Waals surface area (Å²) >= 11 is 9.08. The largest absolute Gasteiger partial charge is 0.355 e. The topological polar surface area (TPSA) is 66.5 Å². The van der Waals surface area contributed by atoms with Crippen molar-refractivity contribution in [1.82, 2.24) is 9.62 Å². The Kier molecular flexibility index (Phi) is 9.31. The summed E-state index contributed by atoms with van der Waals surface area (Å²) in [7, 11) is -3.55. The second-order valence-corrected chi connectivity index (χ2v) is 11.7. The number of halogens is 2. The number of hydrogen-bond donors (Lipinski definition) is 1. The standard InChI is InChI=1S/C22H26ClFN2O3S3/c1-30-17-5-7-18(8-6-17)32(28,29)26-12-9-16(10-13-26)22(27)25-11-14-31-15-19-20(23)3-2-4-21(19)24/h2-8,16H,9-15H2,1H3,(H,25,27). The first-order valence-electron chi connectivity index (χ1n) is 10.3. The lowest BCUT2D eigenvalue weighted by Crippen LogP contribution is -2.43. The van der Waals surface area contributed by atoms with Gasteiger partial charge in [-0.05, 0) is 55.5 Å². The summed E-state index contributed by atoms with van der Waals surface area (Å²) in [6.07, 6.45) is 2.93. The van der Waals surface area contributed by atoms with Crippen molar-refractivity contribution in [3.8, 4) is 0 Å². The van der Waals surface area contributed by atoms with Gasteiger partial charge in [-0.3, -0.25) is 4.79 Å². The molecule has 10 heteroatoms. The van der Waals surface area contributed by atoms with E-state index in [0.717, 1.165) is 4.90 Å². The maximum absolute atomic E-state index is 13.8. The molecule has 0 radical (unpaired) electrons. The zero-order valence-corrected chi connectivity index (χ0v) is 20.9. The molecular weight excluding hydrogens is 491 g/mol. The summed E-state index contributed by atoms with van der Waals surface area (Å²) in [6.45, 7) is 1.12. The monoisotopic (exact) mass is 516 g/mol. The minimum atomic E-state index is -3.55. The van der Waals surface area contributed by atoms with E-state index >= 15 is 0 Å². The normalized spacial score (nSPS) is 15.6. The van der Waals surface area contributed by atoms with Gasteiger partial charge in [0, 0.05) is 52.5 Å². The van der Waals surface area contributed by atoms with Gasteiger partial charge >= 0.3 is 0 Å². The number of carbonyl (C=O) groups excluding carboxylic acids is 1. The van der Waals surface area contributed by atoms with E-state index < -0.39 is 10.0 Å². The lowest BCUT2D eigenvalue weighted by atomic mass is 9.97. The van der Waals surface area contributed by atoms with Crippen LogP contribution >= 0.6 is 35.1 Å². The number of carbonyl (C=O) groups is 1. The van der Waals surface area contributed by atoms with Gasteiger partial charge in [0.15, 0.2) is 0 Å². The zero-order valence-electron chi connectivity index (χ0n) is 17.7. The fraction of sp³-hybridized carbons (Fsp3) is 0.409. The summed E-state index contributed by atoms with van der Waals surface area (Å²) in [5.74, 6) is 0.490. The quantitative estimate of drug-likeness (QED) is 0.388. The first kappa shape index (κ1) is 25.4. The Bertz CT molecular complexity index is 1010. The molecule has 2 aromatic rings. The van der Waals surface area contributed by atoms with Crippen LogP contribution < -0.4 is 5.32 Å². The van der Waals surface area contributed by atoms with Crippen LogP contribution in [-0.2, 0) is 20.6 Å². The molecule has 174 valence electrons. The van der Waals surface area contributed by atoms with Crippen LogP contribution in [0.5, 0.6) is 0 Å². The van der Waals surface area contributed by atoms with Gasteiger partial charge in [0.25, 0.3) is 0 Å². The number of hydrogen-bond acceptors (Lipinski definition) is 5. The fourth-order valence-corrected chi connectivity index (χ4v) is 6.57. The third kappa shape index (κ3) is 6.41. The number of nitrogens with one attached hydrogen (secondary N) is 1. The van der Waals surface area contributed by atoms with E-state index in [1.807, 2.05) is 6.26 Å². The second kappa shape index (κ2) is 11.7. The second-order valence-electron chi connectivity index (χ2n) is 7.40. The Morgan fingerprint density at radius 3 is 2.50 bits per heavy atom. The predicted molar refractivity (Wildman–Crippen MR) is 130 cm³/mol. The van der Waals surface area contributed by atoms with Gasteiger partial charge in [-0.1, -0.05) is 17.7 Å². The van der Waals surface area contributed by atoms with Crippen LogP contribution in [0, 0.1) is 11.7 Å². The van der Waals surface area contributed by atoms with Crippen molar-refractivity contribution < 1.29 is 17.6 Å². The molecule has 2 aromatic carbocycles. The molecular formula is C22H26ClFN2O3S3. The molecule has 1 N–H and O–H groups in total. The summed E-state index contributed by atoms with van der Waals surface area (Å²) in [6, 6.07) is 11.5. The molecule has 1 amide bonds. The highest BCUT2D eigenvalue weighted by molar-refractivity contribution is 7.98. The van der Waals surface area contributed by atoms with Crippen molar-refractivity contribution in [2.75, 3.05) is 31.6 Å². The molecule has 1 fully saturated rings. The fourth-order valence-electron chi connectivity index (χ4n) is 3.49. The third-order valence-electron chi connectivity index (χ3n) is 5.38. The van der Waals surface area contributed by atoms with Crippen LogP contribution in [0.4, 0.5) is 4.39 Å². The van der Waals surface area contributed by atoms with Crippen molar-refractivity contribution >= 4 is 51.1 Å². The lowest BCUT2D eigenvalue weighted by molar-refractivity contribution is -0.125. The molecule has 1 heterocycles. The number of thioether (sulfide) groups is 2. The van der Waals surface area contributed by atoms with E-state index in [0.29, 0.717) is 54.6 Å². The predicted octanol–water partition coefficient (Wildman–Crippen LogP) is 4.65. The van der Waals surface area contributed by atoms with Crippen LogP contribution in [0.25, 0.3) is 0 Å². The van der Waals surface area contributed by atoms with Crippen LogP contribution in [0.1, 0.15) is 18.4 Å². The Morgan fingerprint density at radius 2 is 1.88 bits per heavy atom. The highest BCUT2D eigenvalue weighted by Gasteiger charge is 2.31. The van der Waals surface area contributed by atoms with E-state index in [-0.39, 0.29) is 22.5 Å². The van der Waals surface area contributed by atoms with Gasteiger partial charge in [0.2, 0.25) is 15.9 Å². The summed E-state index contributed by atoms with van der Waals surface area (Å²) < 4.78 is 40.9. The Labute approximate surface area is 202 Å². The maximum atomic E-state index is 13.8. The average Bonchev–Trinajstić information content (AvgIpc) is 2.80. The van der Waals surface area contributed by atoms with E-state index in [2.05, 4.69) is 5.32 Å². The summed E-state index contributed by atoms with van der Waals surface area (Å²) in [5.41, 5.74) is 0.474. The van der Waals surface area contributed by atoms with Gasteiger partial charge in [0.05, 0.1) is 4.90 Å². The van der Waals surface area contributed by atoms with Gasteiger partial charge < -0.3 is 5.32 Å². The SMILES string of the molecule is CSc1ccc(S(=O)(=O)N2CCC(C(=O)NCCSCc3c(F)cccc3Cl)CC2)cc1. The van der Waals surface area contributed by atoms with Crippen LogP contribution in [0.2, 0.25) is 5.02 Å². The lowest BCUT2D eigenvalue weighted by Gasteiger charge is -2.30. The Morgan fingerprint density at radius 1 is 1.19 bits per heavy atom. The molecule has 0 spiro atoms. The Balaban J connectivity index is 1.41. The van der Waals surface area contributed by atoms with E-state index in [9.17, 15) is 17.6 Å². The molecule has 0 unspecified atom stereocenters. The number of amides is 1. The molecule has 3 rings (SSSR count). The molecule has 1 saturated heterocycles. The number of benzene rings is 2. The molecule has 0 atom stereocenters. The first-order chi connectivity index (χ1) is 15.3. The summed E-state index contributed by atoms with van der Waals surface area (Å²) in [5, 5.41) is 3.31. The van der Waals surface area contributed by atoms with Crippen LogP contribution in [-0.4, -0.2) is 50.3 Å². The van der Waals surface area contributed by atoms with Crippen LogP contribution in [0.3, 0.4) is 0 Å². The zero-order chi connectivity index (χ0) is 23.1. The van der Waals surface area contributed by atoms with Gasteiger partial charge in [-0.15, -0.1) is 11.8 Å². The number of rotatable bonds is 9. The molecule has 1 aliphatic rings. The number of sulfonamides is 1. The number of nitrogens with zero attached hydrogens (tertiary/aromatic N) is 1. The molecule has 0 aromatic heterocycles. The molecule has 32 heavy (non-hydrogen) atoms. The minimum absolute atomic E-state index is 0.0594. The smallest absolute Gasteiger partial charge is 0.243 e. The van der Waals surface area contributed by atoms with Crippen molar-refractivity contribution in [3.63, 3.8) is 0 Å². The first-order valence-corrected chi connectivity index (χ1v) is 14.4. The highest BCUT2D eigenvalue weighted by Crippen LogP contribution is 2.26. The minimum Gasteiger partial charge on any atom is -0.355 e. The van der Waals surface area contributed by atoms with Crippen LogP contribution in [0.15, 0.2) is 52.3 Å². The third-order valence-corrected chi connectivity index (χ3v) is 9.37. The van der Waals surface area contributed by atoms with Crippen molar-refractivity contribution in [2.24, 2.45) is 5.92 Å². The van der Waals surface area contributed by atoms with E-state index in [4.69, 9.17) is 11.6 Å².